The first kappa shape index (κ1) is 46.8. The first-order chi connectivity index (χ1) is 29.9. The van der Waals surface area contributed by atoms with Gasteiger partial charge < -0.3 is 68.8 Å². The number of carbonyl (C=O) groups excluding carboxylic acids is 1. The predicted octanol–water partition coefficient (Wildman–Crippen LogP) is 4.51. The third-order valence-electron chi connectivity index (χ3n) is 17.8. The molecule has 0 amide bonds. The van der Waals surface area contributed by atoms with Crippen molar-refractivity contribution < 1.29 is 67.9 Å². The maximum Gasteiger partial charge on any atom is 0.331 e. The summed E-state index contributed by atoms with van der Waals surface area (Å²) >= 11 is 0. The topological polar surface area (TPSA) is 207 Å². The Morgan fingerprint density at radius 2 is 1.21 bits per heavy atom. The normalized spacial score (nSPS) is 54.0. The summed E-state index contributed by atoms with van der Waals surface area (Å²) in [5.74, 6) is 1.24. The zero-order valence-corrected chi connectivity index (χ0v) is 38.4. The van der Waals surface area contributed by atoms with E-state index in [4.69, 9.17) is 48.4 Å². The van der Waals surface area contributed by atoms with Gasteiger partial charge in [0.1, 0.15) is 24.9 Å². The first-order valence-corrected chi connectivity index (χ1v) is 24.5. The molecular formula is C48H77NO14. The van der Waals surface area contributed by atoms with Crippen LogP contribution in [0.4, 0.5) is 0 Å². The quantitative estimate of drug-likeness (QED) is 0.160. The summed E-state index contributed by atoms with van der Waals surface area (Å²) in [6.45, 7) is 12.6. The summed E-state index contributed by atoms with van der Waals surface area (Å²) in [5, 5.41) is 46.2. The molecule has 5 aliphatic heterocycles. The van der Waals surface area contributed by atoms with Crippen molar-refractivity contribution in [2.75, 3.05) is 6.61 Å². The number of rotatable bonds is 9. The number of nitrogens with two attached hydrogens (primary N) is 1. The Labute approximate surface area is 373 Å². The smallest absolute Gasteiger partial charge is 0.331 e. The molecule has 9 aliphatic rings. The van der Waals surface area contributed by atoms with Crippen molar-refractivity contribution >= 4 is 5.97 Å². The van der Waals surface area contributed by atoms with E-state index in [-0.39, 0.29) is 66.1 Å². The summed E-state index contributed by atoms with van der Waals surface area (Å²) < 4.78 is 55.3. The molecule has 23 unspecified atom stereocenters. The number of fused-ring (bicyclic) bond motifs is 6. The van der Waals surface area contributed by atoms with E-state index >= 15 is 0 Å². The van der Waals surface area contributed by atoms with Crippen LogP contribution in [-0.2, 0) is 47.4 Å². The van der Waals surface area contributed by atoms with Crippen molar-refractivity contribution in [1.82, 2.24) is 0 Å². The zero-order valence-electron chi connectivity index (χ0n) is 38.4. The molecule has 0 aromatic carbocycles. The Bertz CT molecular complexity index is 1620. The highest BCUT2D eigenvalue weighted by Crippen LogP contribution is 2.66. The number of carbonyl (C=O) groups is 1. The van der Waals surface area contributed by atoms with E-state index in [0.717, 1.165) is 76.2 Å². The molecule has 2 bridgehead atoms. The van der Waals surface area contributed by atoms with Crippen molar-refractivity contribution in [3.05, 3.63) is 11.6 Å². The van der Waals surface area contributed by atoms with Gasteiger partial charge >= 0.3 is 5.97 Å². The van der Waals surface area contributed by atoms with Gasteiger partial charge in [0.15, 0.2) is 25.2 Å². The standard InChI is InChI=1S/C48H77NO14/c1-24-34(49)9-10-39(56-24)61-43-25(2)58-41(20-36(43)51)63-45-27(4)59-42(21-37(45)52)62-44-26(3)57-40(19-35(44)50)60-30-11-15-47(6)29(18-30)7-8-33-32(47)12-14-46(5)23-48(33,54)16-13-31(46)28-17-38(53)55-22-28/h17,24-27,29-37,39-45,50-52,54H,7-16,18-23,49H2,1-6H3. The maximum atomic E-state index is 12.4. The van der Waals surface area contributed by atoms with Crippen LogP contribution in [0.25, 0.3) is 0 Å². The fraction of sp³-hybridized carbons (Fsp3) is 0.938. The molecular weight excluding hydrogens is 815 g/mol. The van der Waals surface area contributed by atoms with Gasteiger partial charge in [-0.05, 0) is 145 Å². The number of hydrogen-bond donors (Lipinski definition) is 5. The number of aliphatic hydroxyl groups excluding tert-OH is 3. The lowest BCUT2D eigenvalue weighted by Gasteiger charge is -2.58. The van der Waals surface area contributed by atoms with Crippen LogP contribution >= 0.6 is 0 Å². The lowest BCUT2D eigenvalue weighted by molar-refractivity contribution is -0.342. The summed E-state index contributed by atoms with van der Waals surface area (Å²) in [5.41, 5.74) is 6.57. The molecule has 63 heavy (non-hydrogen) atoms. The molecule has 6 N–H and O–H groups in total. The van der Waals surface area contributed by atoms with Crippen LogP contribution in [0.3, 0.4) is 0 Å². The number of cyclic esters (lactones) is 1. The van der Waals surface area contributed by atoms with Crippen LogP contribution in [0.1, 0.15) is 138 Å². The highest BCUT2D eigenvalue weighted by molar-refractivity contribution is 5.85. The zero-order chi connectivity index (χ0) is 44.6. The van der Waals surface area contributed by atoms with Crippen LogP contribution in [0.5, 0.6) is 0 Å². The maximum absolute atomic E-state index is 12.4. The van der Waals surface area contributed by atoms with Crippen molar-refractivity contribution in [2.24, 2.45) is 40.2 Å². The summed E-state index contributed by atoms with van der Waals surface area (Å²) in [4.78, 5) is 12.0. The lowest BCUT2D eigenvalue weighted by atomic mass is 9.48. The molecule has 4 saturated heterocycles. The molecule has 0 aromatic heterocycles. The first-order valence-electron chi connectivity index (χ1n) is 24.5. The van der Waals surface area contributed by atoms with E-state index in [1.807, 2.05) is 20.8 Å². The van der Waals surface area contributed by atoms with E-state index < -0.39 is 85.7 Å². The Balaban J connectivity index is 0.738. The second kappa shape index (κ2) is 18.3. The molecule has 9 rings (SSSR count). The molecule has 358 valence electrons. The van der Waals surface area contributed by atoms with Crippen LogP contribution in [0.15, 0.2) is 11.6 Å². The molecule has 0 aromatic rings. The number of hydrogen-bond acceptors (Lipinski definition) is 15. The Hall–Kier alpha value is -1.31. The Morgan fingerprint density at radius 1 is 0.635 bits per heavy atom. The minimum Gasteiger partial charge on any atom is -0.458 e. The van der Waals surface area contributed by atoms with Crippen molar-refractivity contribution in [2.45, 2.75) is 242 Å². The molecule has 8 fully saturated rings. The van der Waals surface area contributed by atoms with Gasteiger partial charge in [-0.1, -0.05) is 13.8 Å². The van der Waals surface area contributed by atoms with Crippen molar-refractivity contribution in [3.63, 3.8) is 0 Å². The van der Waals surface area contributed by atoms with Gasteiger partial charge in [-0.3, -0.25) is 0 Å². The van der Waals surface area contributed by atoms with Crippen molar-refractivity contribution in [1.29, 1.82) is 0 Å². The number of aliphatic hydroxyl groups is 4. The van der Waals surface area contributed by atoms with Crippen LogP contribution in [0, 0.1) is 34.5 Å². The van der Waals surface area contributed by atoms with Crippen LogP contribution in [-0.4, -0.2) is 137 Å². The molecule has 5 heterocycles. The lowest BCUT2D eigenvalue weighted by Crippen LogP contribution is -2.57. The predicted molar refractivity (Wildman–Crippen MR) is 226 cm³/mol. The van der Waals surface area contributed by atoms with Gasteiger partial charge in [-0.25, -0.2) is 4.79 Å². The second-order valence-corrected chi connectivity index (χ2v) is 22.0. The van der Waals surface area contributed by atoms with Gasteiger partial charge in [-0.15, -0.1) is 0 Å². The largest absolute Gasteiger partial charge is 0.458 e. The third kappa shape index (κ3) is 9.33. The second-order valence-electron chi connectivity index (χ2n) is 22.0. The Kier molecular flexibility index (Phi) is 13.6. The van der Waals surface area contributed by atoms with E-state index in [2.05, 4.69) is 13.8 Å². The van der Waals surface area contributed by atoms with Gasteiger partial charge in [0.25, 0.3) is 0 Å². The highest BCUT2D eigenvalue weighted by Gasteiger charge is 2.61. The average Bonchev–Trinajstić information content (AvgIpc) is 3.61. The molecule has 15 nitrogen and oxygen atoms in total. The number of ether oxygens (including phenoxy) is 9. The molecule has 0 radical (unpaired) electrons. The Morgan fingerprint density at radius 3 is 1.76 bits per heavy atom. The highest BCUT2D eigenvalue weighted by atomic mass is 16.7. The SMILES string of the molecule is CC1OC(OC2C(O)CC(OC3C(O)CC(OC4C(O)CC(OC5CCC6(C)C(CCC7C6CCC6(C)CC7(O)CCC6C6=CC(=O)OC6)C5)OC4C)OC3C)OC2C)CCC1N. The fourth-order valence-electron chi connectivity index (χ4n) is 14.3. The summed E-state index contributed by atoms with van der Waals surface area (Å²) in [6, 6.07) is -0.0395. The van der Waals surface area contributed by atoms with Gasteiger partial charge in [0.05, 0.1) is 54.4 Å². The minimum absolute atomic E-state index is 0.0165. The minimum atomic E-state index is -0.942. The van der Waals surface area contributed by atoms with Gasteiger partial charge in [0, 0.05) is 31.4 Å². The molecule has 4 saturated carbocycles. The van der Waals surface area contributed by atoms with Crippen molar-refractivity contribution in [3.8, 4) is 0 Å². The monoisotopic (exact) mass is 892 g/mol. The van der Waals surface area contributed by atoms with E-state index in [9.17, 15) is 25.2 Å². The fourth-order valence-corrected chi connectivity index (χ4v) is 14.3. The molecule has 15 heteroatoms. The third-order valence-corrected chi connectivity index (χ3v) is 17.8. The van der Waals surface area contributed by atoms with E-state index in [0.29, 0.717) is 24.9 Å². The molecule has 23 atom stereocenters. The molecule has 0 spiro atoms. The number of esters is 1. The average molecular weight is 892 g/mol. The van der Waals surface area contributed by atoms with Crippen LogP contribution < -0.4 is 5.73 Å². The summed E-state index contributed by atoms with van der Waals surface area (Å²) in [6.07, 6.45) is 4.33. The summed E-state index contributed by atoms with van der Waals surface area (Å²) in [7, 11) is 0. The van der Waals surface area contributed by atoms with Crippen LogP contribution in [0.2, 0.25) is 0 Å². The van der Waals surface area contributed by atoms with E-state index in [1.165, 1.54) is 0 Å². The van der Waals surface area contributed by atoms with E-state index in [1.54, 1.807) is 13.0 Å². The molecule has 4 aliphatic carbocycles. The van der Waals surface area contributed by atoms with Gasteiger partial charge in [-0.2, -0.15) is 0 Å². The van der Waals surface area contributed by atoms with Gasteiger partial charge in [0.2, 0.25) is 0 Å².